The van der Waals surface area contributed by atoms with Crippen LogP contribution in [0.3, 0.4) is 0 Å². The topological polar surface area (TPSA) is 73.0 Å². The highest BCUT2D eigenvalue weighted by atomic mass is 32.2. The van der Waals surface area contributed by atoms with Crippen molar-refractivity contribution >= 4 is 21.6 Å². The van der Waals surface area contributed by atoms with Gasteiger partial charge in [-0.25, -0.2) is 13.6 Å². The van der Waals surface area contributed by atoms with Crippen LogP contribution >= 0.6 is 11.5 Å². The number of hydrogen-bond donors (Lipinski definition) is 1. The average Bonchev–Trinajstić information content (AvgIpc) is 2.11. The monoisotopic (exact) mass is 178 g/mol. The first-order valence-electron chi connectivity index (χ1n) is 2.46. The van der Waals surface area contributed by atoms with Gasteiger partial charge in [-0.05, 0) is 18.5 Å². The number of aromatic nitrogens is 1. The summed E-state index contributed by atoms with van der Waals surface area (Å²) in [5.74, 6) is 0. The molecule has 0 fully saturated rings. The zero-order valence-corrected chi connectivity index (χ0v) is 6.87. The molecule has 0 spiro atoms. The van der Waals surface area contributed by atoms with Crippen LogP contribution in [0.1, 0.15) is 4.88 Å². The molecule has 0 aliphatic carbocycles. The summed E-state index contributed by atoms with van der Waals surface area (Å²) in [6.45, 7) is 1.66. The lowest BCUT2D eigenvalue weighted by molar-refractivity contribution is 0.597. The molecule has 1 aromatic rings. The van der Waals surface area contributed by atoms with Gasteiger partial charge in [0.1, 0.15) is 4.90 Å². The molecule has 0 aliphatic rings. The zero-order valence-electron chi connectivity index (χ0n) is 5.23. The van der Waals surface area contributed by atoms with Gasteiger partial charge in [-0.2, -0.15) is 4.37 Å². The van der Waals surface area contributed by atoms with E-state index in [-0.39, 0.29) is 4.90 Å². The first-order chi connectivity index (χ1) is 4.52. The molecule has 0 radical (unpaired) electrons. The van der Waals surface area contributed by atoms with Crippen molar-refractivity contribution in [2.24, 2.45) is 5.14 Å². The molecule has 1 heterocycles. The molecular formula is C4H6N2O2S2. The van der Waals surface area contributed by atoms with E-state index in [0.717, 1.165) is 11.5 Å². The summed E-state index contributed by atoms with van der Waals surface area (Å²) >= 11 is 1.12. The van der Waals surface area contributed by atoms with Crippen LogP contribution in [0.5, 0.6) is 0 Å². The minimum atomic E-state index is -3.54. The summed E-state index contributed by atoms with van der Waals surface area (Å²) in [6, 6.07) is 0. The maximum Gasteiger partial charge on any atom is 0.240 e. The predicted molar refractivity (Wildman–Crippen MR) is 38.2 cm³/mol. The minimum Gasteiger partial charge on any atom is -0.225 e. The fraction of sp³-hybridized carbons (Fsp3) is 0.250. The van der Waals surface area contributed by atoms with Crippen molar-refractivity contribution in [1.29, 1.82) is 0 Å². The van der Waals surface area contributed by atoms with Crippen molar-refractivity contribution in [3.05, 3.63) is 11.1 Å². The second-order valence-corrected chi connectivity index (χ2v) is 4.33. The third-order valence-electron chi connectivity index (χ3n) is 1.01. The van der Waals surface area contributed by atoms with Gasteiger partial charge in [0.2, 0.25) is 10.0 Å². The fourth-order valence-corrected chi connectivity index (χ4v) is 2.15. The maximum atomic E-state index is 10.7. The molecule has 10 heavy (non-hydrogen) atoms. The molecule has 1 aromatic heterocycles. The fourth-order valence-electron chi connectivity index (χ4n) is 0.563. The summed E-state index contributed by atoms with van der Waals surface area (Å²) in [5.41, 5.74) is 0. The van der Waals surface area contributed by atoms with E-state index in [9.17, 15) is 8.42 Å². The summed E-state index contributed by atoms with van der Waals surface area (Å²) in [5, 5.41) is 4.84. The Kier molecular flexibility index (Phi) is 1.76. The summed E-state index contributed by atoms with van der Waals surface area (Å²) < 4.78 is 25.0. The SMILES string of the molecule is Cc1sncc1S(N)(=O)=O. The smallest absolute Gasteiger partial charge is 0.225 e. The molecule has 0 saturated carbocycles. The lowest BCUT2D eigenvalue weighted by atomic mass is 10.6. The van der Waals surface area contributed by atoms with Crippen molar-refractivity contribution in [1.82, 2.24) is 4.37 Å². The van der Waals surface area contributed by atoms with E-state index in [1.54, 1.807) is 6.92 Å². The van der Waals surface area contributed by atoms with Crippen molar-refractivity contribution in [2.75, 3.05) is 0 Å². The van der Waals surface area contributed by atoms with E-state index in [2.05, 4.69) is 4.37 Å². The molecule has 6 heteroatoms. The Morgan fingerprint density at radius 1 is 1.70 bits per heavy atom. The van der Waals surface area contributed by atoms with Gasteiger partial charge >= 0.3 is 0 Å². The summed E-state index contributed by atoms with van der Waals surface area (Å²) in [6.07, 6.45) is 1.26. The highest BCUT2D eigenvalue weighted by Gasteiger charge is 2.12. The molecule has 0 unspecified atom stereocenters. The van der Waals surface area contributed by atoms with Gasteiger partial charge in [0, 0.05) is 4.88 Å². The number of nitrogens with two attached hydrogens (primary N) is 1. The van der Waals surface area contributed by atoms with E-state index in [4.69, 9.17) is 5.14 Å². The van der Waals surface area contributed by atoms with Gasteiger partial charge in [-0.3, -0.25) is 0 Å². The second kappa shape index (κ2) is 2.30. The number of hydrogen-bond acceptors (Lipinski definition) is 4. The Balaban J connectivity index is 3.32. The van der Waals surface area contributed by atoms with Gasteiger partial charge in [-0.15, -0.1) is 0 Å². The first-order valence-corrected chi connectivity index (χ1v) is 4.78. The Labute approximate surface area is 62.9 Å². The number of nitrogens with zero attached hydrogens (tertiary/aromatic N) is 1. The number of aryl methyl sites for hydroxylation is 1. The minimum absolute atomic E-state index is 0.123. The van der Waals surface area contributed by atoms with Crippen LogP contribution in [0, 0.1) is 6.92 Å². The molecule has 1 rings (SSSR count). The molecule has 0 atom stereocenters. The molecule has 56 valence electrons. The van der Waals surface area contributed by atoms with E-state index in [0.29, 0.717) is 4.88 Å². The Morgan fingerprint density at radius 2 is 2.30 bits per heavy atom. The molecule has 0 aromatic carbocycles. The van der Waals surface area contributed by atoms with E-state index in [1.165, 1.54) is 6.20 Å². The van der Waals surface area contributed by atoms with Gasteiger partial charge in [0.25, 0.3) is 0 Å². The summed E-state index contributed by atoms with van der Waals surface area (Å²) in [4.78, 5) is 0.750. The van der Waals surface area contributed by atoms with Gasteiger partial charge in [0.05, 0.1) is 6.20 Å². The number of rotatable bonds is 1. The first kappa shape index (κ1) is 7.64. The van der Waals surface area contributed by atoms with Gasteiger partial charge in [-0.1, -0.05) is 0 Å². The Hall–Kier alpha value is -0.460. The molecule has 2 N–H and O–H groups in total. The molecule has 0 aliphatic heterocycles. The molecule has 4 nitrogen and oxygen atoms in total. The second-order valence-electron chi connectivity index (χ2n) is 1.79. The van der Waals surface area contributed by atoms with E-state index in [1.807, 2.05) is 0 Å². The van der Waals surface area contributed by atoms with Crippen LogP contribution in [0.2, 0.25) is 0 Å². The Morgan fingerprint density at radius 3 is 2.50 bits per heavy atom. The van der Waals surface area contributed by atoms with Gasteiger partial charge < -0.3 is 0 Å². The normalized spacial score (nSPS) is 11.8. The maximum absolute atomic E-state index is 10.7. The molecule has 0 bridgehead atoms. The van der Waals surface area contributed by atoms with Crippen molar-refractivity contribution in [2.45, 2.75) is 11.8 Å². The lowest BCUT2D eigenvalue weighted by Gasteiger charge is -1.90. The van der Waals surface area contributed by atoms with Crippen LogP contribution in [-0.2, 0) is 10.0 Å². The number of sulfonamides is 1. The largest absolute Gasteiger partial charge is 0.240 e. The zero-order chi connectivity index (χ0) is 7.78. The highest BCUT2D eigenvalue weighted by molar-refractivity contribution is 7.89. The molecular weight excluding hydrogens is 172 g/mol. The third-order valence-corrected chi connectivity index (χ3v) is 2.87. The van der Waals surface area contributed by atoms with Gasteiger partial charge in [0.15, 0.2) is 0 Å². The summed E-state index contributed by atoms with van der Waals surface area (Å²) in [7, 11) is -3.54. The van der Waals surface area contributed by atoms with Crippen LogP contribution < -0.4 is 5.14 Å². The quantitative estimate of drug-likeness (QED) is 0.662. The van der Waals surface area contributed by atoms with E-state index >= 15 is 0 Å². The average molecular weight is 178 g/mol. The molecule has 0 amide bonds. The predicted octanol–water partition coefficient (Wildman–Crippen LogP) is 0.0989. The van der Waals surface area contributed by atoms with Crippen molar-refractivity contribution in [3.8, 4) is 0 Å². The van der Waals surface area contributed by atoms with Crippen LogP contribution in [0.15, 0.2) is 11.1 Å². The van der Waals surface area contributed by atoms with Crippen LogP contribution in [-0.4, -0.2) is 12.8 Å². The lowest BCUT2D eigenvalue weighted by Crippen LogP contribution is -2.11. The standard InChI is InChI=1S/C4H6N2O2S2/c1-3-4(2-6-9-3)10(5,7)8/h2H,1H3,(H2,5,7,8). The van der Waals surface area contributed by atoms with Crippen LogP contribution in [0.4, 0.5) is 0 Å². The molecule has 0 saturated heterocycles. The van der Waals surface area contributed by atoms with Crippen molar-refractivity contribution in [3.63, 3.8) is 0 Å². The van der Waals surface area contributed by atoms with Crippen LogP contribution in [0.25, 0.3) is 0 Å². The highest BCUT2D eigenvalue weighted by Crippen LogP contribution is 2.15. The Bertz CT molecular complexity index is 327. The third kappa shape index (κ3) is 1.34. The van der Waals surface area contributed by atoms with Crippen molar-refractivity contribution < 1.29 is 8.42 Å². The van der Waals surface area contributed by atoms with E-state index < -0.39 is 10.0 Å². The number of primary sulfonamides is 1.